The van der Waals surface area contributed by atoms with E-state index in [2.05, 4.69) is 0 Å². The van der Waals surface area contributed by atoms with E-state index < -0.39 is 11.8 Å². The summed E-state index contributed by atoms with van der Waals surface area (Å²) in [6.45, 7) is 0.203. The van der Waals surface area contributed by atoms with Gasteiger partial charge in [0.15, 0.2) is 0 Å². The summed E-state index contributed by atoms with van der Waals surface area (Å²) < 4.78 is 18.1. The minimum atomic E-state index is -1.06. The molecule has 15 heavy (non-hydrogen) atoms. The van der Waals surface area contributed by atoms with Crippen molar-refractivity contribution in [2.24, 2.45) is 0 Å². The number of hydrogen-bond acceptors (Lipinski definition) is 2. The zero-order valence-corrected chi connectivity index (χ0v) is 8.24. The van der Waals surface area contributed by atoms with Gasteiger partial charge >= 0.3 is 5.97 Å². The van der Waals surface area contributed by atoms with E-state index in [1.165, 1.54) is 19.3 Å². The Hall–Kier alpha value is -1.68. The fourth-order valence-corrected chi connectivity index (χ4v) is 1.11. The third-order valence-corrected chi connectivity index (χ3v) is 1.80. The van der Waals surface area contributed by atoms with Gasteiger partial charge < -0.3 is 9.84 Å². The molecule has 0 radical (unpaired) electrons. The minimum absolute atomic E-state index is 0.203. The molecule has 4 heteroatoms. The van der Waals surface area contributed by atoms with Crippen molar-refractivity contribution < 1.29 is 19.0 Å². The molecular formula is C11H11FO3. The van der Waals surface area contributed by atoms with Gasteiger partial charge in [-0.2, -0.15) is 0 Å². The summed E-state index contributed by atoms with van der Waals surface area (Å²) in [4.78, 5) is 10.2. The van der Waals surface area contributed by atoms with Crippen LogP contribution in [-0.2, 0) is 16.1 Å². The van der Waals surface area contributed by atoms with Crippen LogP contribution in [0.2, 0.25) is 0 Å². The van der Waals surface area contributed by atoms with Crippen LogP contribution in [0.15, 0.2) is 24.3 Å². The minimum Gasteiger partial charge on any atom is -0.478 e. The van der Waals surface area contributed by atoms with Gasteiger partial charge in [-0.05, 0) is 17.7 Å². The quantitative estimate of drug-likeness (QED) is 0.774. The van der Waals surface area contributed by atoms with E-state index in [0.29, 0.717) is 11.1 Å². The molecule has 1 aromatic carbocycles. The first-order chi connectivity index (χ1) is 7.13. The fourth-order valence-electron chi connectivity index (χ4n) is 1.11. The molecule has 1 aromatic rings. The molecule has 3 nitrogen and oxygen atoms in total. The predicted octanol–water partition coefficient (Wildman–Crippen LogP) is 2.07. The molecule has 0 aliphatic rings. The lowest BCUT2D eigenvalue weighted by Crippen LogP contribution is -1.93. The summed E-state index contributed by atoms with van der Waals surface area (Å²) in [6, 6.07) is 4.48. The van der Waals surface area contributed by atoms with Crippen LogP contribution in [0.4, 0.5) is 4.39 Å². The van der Waals surface area contributed by atoms with Crippen molar-refractivity contribution in [2.75, 3.05) is 7.11 Å². The molecule has 0 aliphatic heterocycles. The van der Waals surface area contributed by atoms with Gasteiger partial charge in [0.05, 0.1) is 6.61 Å². The van der Waals surface area contributed by atoms with Crippen LogP contribution >= 0.6 is 0 Å². The summed E-state index contributed by atoms with van der Waals surface area (Å²) in [5, 5.41) is 8.38. The Morgan fingerprint density at radius 3 is 2.87 bits per heavy atom. The maximum Gasteiger partial charge on any atom is 0.328 e. The van der Waals surface area contributed by atoms with Crippen LogP contribution in [-0.4, -0.2) is 18.2 Å². The second-order valence-corrected chi connectivity index (χ2v) is 2.96. The average molecular weight is 210 g/mol. The lowest BCUT2D eigenvalue weighted by Gasteiger charge is -2.02. The molecule has 0 saturated heterocycles. The van der Waals surface area contributed by atoms with Gasteiger partial charge in [-0.1, -0.05) is 12.1 Å². The predicted molar refractivity (Wildman–Crippen MR) is 53.8 cm³/mol. The van der Waals surface area contributed by atoms with Crippen LogP contribution in [0.25, 0.3) is 6.08 Å². The SMILES string of the molecule is COCc1ccc(C=CC(=O)O)cc1F. The largest absolute Gasteiger partial charge is 0.478 e. The van der Waals surface area contributed by atoms with Crippen molar-refractivity contribution >= 4 is 12.0 Å². The number of methoxy groups -OCH3 is 1. The summed E-state index contributed by atoms with van der Waals surface area (Å²) in [6.07, 6.45) is 2.30. The highest BCUT2D eigenvalue weighted by molar-refractivity contribution is 5.85. The van der Waals surface area contributed by atoms with Crippen molar-refractivity contribution in [2.45, 2.75) is 6.61 Å². The highest BCUT2D eigenvalue weighted by Gasteiger charge is 2.01. The standard InChI is InChI=1S/C11H11FO3/c1-15-7-9-4-2-8(6-10(9)12)3-5-11(13)14/h2-6H,7H2,1H3,(H,13,14). The molecule has 0 amide bonds. The van der Waals surface area contributed by atoms with E-state index in [0.717, 1.165) is 6.08 Å². The molecule has 0 aromatic heterocycles. The first-order valence-electron chi connectivity index (χ1n) is 4.32. The number of carboxylic acid groups (broad SMARTS) is 1. The number of carbonyl (C=O) groups is 1. The van der Waals surface area contributed by atoms with Gasteiger partial charge in [0.1, 0.15) is 5.82 Å². The Bertz CT molecular complexity index is 385. The summed E-state index contributed by atoms with van der Waals surface area (Å²) in [5.74, 6) is -1.46. The second kappa shape index (κ2) is 5.26. The van der Waals surface area contributed by atoms with Crippen LogP contribution in [0, 0.1) is 5.82 Å². The molecule has 0 spiro atoms. The molecule has 0 saturated carbocycles. The molecule has 0 aliphatic carbocycles. The molecule has 0 bridgehead atoms. The monoisotopic (exact) mass is 210 g/mol. The van der Waals surface area contributed by atoms with Crippen LogP contribution in [0.3, 0.4) is 0 Å². The number of benzene rings is 1. The van der Waals surface area contributed by atoms with E-state index in [9.17, 15) is 9.18 Å². The van der Waals surface area contributed by atoms with E-state index in [1.807, 2.05) is 0 Å². The van der Waals surface area contributed by atoms with Gasteiger partial charge in [-0.15, -0.1) is 0 Å². The van der Waals surface area contributed by atoms with E-state index in [1.54, 1.807) is 12.1 Å². The normalized spacial score (nSPS) is 10.8. The Morgan fingerprint density at radius 1 is 1.60 bits per heavy atom. The molecule has 0 unspecified atom stereocenters. The lowest BCUT2D eigenvalue weighted by atomic mass is 10.1. The zero-order valence-electron chi connectivity index (χ0n) is 8.24. The van der Waals surface area contributed by atoms with Gasteiger partial charge in [0.2, 0.25) is 0 Å². The summed E-state index contributed by atoms with van der Waals surface area (Å²) >= 11 is 0. The van der Waals surface area contributed by atoms with Crippen LogP contribution in [0.1, 0.15) is 11.1 Å². The van der Waals surface area contributed by atoms with Gasteiger partial charge in [-0.3, -0.25) is 0 Å². The number of aliphatic carboxylic acids is 1. The summed E-state index contributed by atoms with van der Waals surface area (Å²) in [7, 11) is 1.48. The molecule has 1 rings (SSSR count). The van der Waals surface area contributed by atoms with Crippen molar-refractivity contribution in [3.05, 3.63) is 41.2 Å². The molecule has 1 N–H and O–H groups in total. The number of ether oxygens (including phenoxy) is 1. The Labute approximate surface area is 86.8 Å². The molecule has 80 valence electrons. The molecule has 0 heterocycles. The van der Waals surface area contributed by atoms with Crippen LogP contribution in [0.5, 0.6) is 0 Å². The van der Waals surface area contributed by atoms with Crippen molar-refractivity contribution in [1.29, 1.82) is 0 Å². The topological polar surface area (TPSA) is 46.5 Å². The smallest absolute Gasteiger partial charge is 0.328 e. The summed E-state index contributed by atoms with van der Waals surface area (Å²) in [5.41, 5.74) is 0.958. The third-order valence-electron chi connectivity index (χ3n) is 1.80. The van der Waals surface area contributed by atoms with E-state index >= 15 is 0 Å². The maximum atomic E-state index is 13.3. The Balaban J connectivity index is 2.86. The second-order valence-electron chi connectivity index (χ2n) is 2.96. The third kappa shape index (κ3) is 3.52. The highest BCUT2D eigenvalue weighted by Crippen LogP contribution is 2.12. The number of carboxylic acids is 1. The lowest BCUT2D eigenvalue weighted by molar-refractivity contribution is -0.131. The molecule has 0 atom stereocenters. The molecule has 0 fully saturated rings. The Morgan fingerprint density at radius 2 is 2.33 bits per heavy atom. The zero-order chi connectivity index (χ0) is 11.3. The van der Waals surface area contributed by atoms with Gasteiger partial charge in [0.25, 0.3) is 0 Å². The average Bonchev–Trinajstić information content (AvgIpc) is 2.19. The van der Waals surface area contributed by atoms with Crippen molar-refractivity contribution in [1.82, 2.24) is 0 Å². The van der Waals surface area contributed by atoms with E-state index in [-0.39, 0.29) is 6.61 Å². The van der Waals surface area contributed by atoms with Crippen molar-refractivity contribution in [3.63, 3.8) is 0 Å². The number of rotatable bonds is 4. The maximum absolute atomic E-state index is 13.3. The van der Waals surface area contributed by atoms with E-state index in [4.69, 9.17) is 9.84 Å². The fraction of sp³-hybridized carbons (Fsp3) is 0.182. The Kier molecular flexibility index (Phi) is 4.00. The number of hydrogen-bond donors (Lipinski definition) is 1. The number of halogens is 1. The van der Waals surface area contributed by atoms with Crippen LogP contribution < -0.4 is 0 Å². The first kappa shape index (κ1) is 11.4. The van der Waals surface area contributed by atoms with Gasteiger partial charge in [-0.25, -0.2) is 9.18 Å². The van der Waals surface area contributed by atoms with Crippen molar-refractivity contribution in [3.8, 4) is 0 Å². The molecular weight excluding hydrogens is 199 g/mol. The van der Waals surface area contributed by atoms with Gasteiger partial charge in [0, 0.05) is 18.7 Å². The first-order valence-corrected chi connectivity index (χ1v) is 4.32. The highest BCUT2D eigenvalue weighted by atomic mass is 19.1.